The Labute approximate surface area is 193 Å². The molecule has 2 aromatic rings. The number of carbonyl (C=O) groups excluding carboxylic acids is 3. The molecule has 33 heavy (non-hydrogen) atoms. The van der Waals surface area contributed by atoms with Gasteiger partial charge < -0.3 is 25.0 Å². The normalized spacial score (nSPS) is 22.2. The number of hydrogen-bond acceptors (Lipinski definition) is 5. The molecule has 3 amide bonds. The number of benzene rings is 2. The number of rotatable bonds is 5. The van der Waals surface area contributed by atoms with Crippen molar-refractivity contribution in [1.29, 1.82) is 0 Å². The molecule has 2 aliphatic rings. The smallest absolute Gasteiger partial charge is 0.257 e. The molecule has 0 unspecified atom stereocenters. The summed E-state index contributed by atoms with van der Waals surface area (Å²) in [6.45, 7) is 2.74. The molecule has 4 rings (SSSR count). The highest BCUT2D eigenvalue weighted by atomic mass is 16.5. The van der Waals surface area contributed by atoms with Crippen molar-refractivity contribution in [2.24, 2.45) is 0 Å². The van der Waals surface area contributed by atoms with Crippen molar-refractivity contribution in [3.63, 3.8) is 0 Å². The van der Waals surface area contributed by atoms with Gasteiger partial charge in [-0.1, -0.05) is 18.2 Å². The lowest BCUT2D eigenvalue weighted by Gasteiger charge is -2.42. The van der Waals surface area contributed by atoms with Crippen LogP contribution in [0.25, 0.3) is 0 Å². The fourth-order valence-electron chi connectivity index (χ4n) is 4.37. The van der Waals surface area contributed by atoms with Gasteiger partial charge in [0.05, 0.1) is 24.1 Å². The number of anilines is 1. The Hall–Kier alpha value is -3.39. The molecule has 2 aromatic carbocycles. The molecule has 3 atom stereocenters. The van der Waals surface area contributed by atoms with Crippen molar-refractivity contribution >= 4 is 23.4 Å². The molecule has 1 fully saturated rings. The van der Waals surface area contributed by atoms with Gasteiger partial charge in [0.15, 0.2) is 0 Å². The zero-order valence-corrected chi connectivity index (χ0v) is 18.9. The van der Waals surface area contributed by atoms with E-state index in [0.29, 0.717) is 42.0 Å². The largest absolute Gasteiger partial charge is 0.490 e. The molecule has 0 bridgehead atoms. The van der Waals surface area contributed by atoms with Gasteiger partial charge in [-0.15, -0.1) is 0 Å². The van der Waals surface area contributed by atoms with Crippen molar-refractivity contribution in [2.75, 3.05) is 25.5 Å². The van der Waals surface area contributed by atoms with Gasteiger partial charge in [0.25, 0.3) is 11.8 Å². The van der Waals surface area contributed by atoms with Gasteiger partial charge in [-0.05, 0) is 50.1 Å². The lowest BCUT2D eigenvalue weighted by Crippen LogP contribution is -2.54. The van der Waals surface area contributed by atoms with E-state index in [-0.39, 0.29) is 42.6 Å². The fraction of sp³-hybridized carbons (Fsp3) is 0.400. The summed E-state index contributed by atoms with van der Waals surface area (Å²) in [5.41, 5.74) is 1.45. The van der Waals surface area contributed by atoms with E-state index < -0.39 is 0 Å². The van der Waals surface area contributed by atoms with Crippen LogP contribution in [0.5, 0.6) is 5.75 Å². The Morgan fingerprint density at radius 1 is 1.12 bits per heavy atom. The van der Waals surface area contributed by atoms with Crippen molar-refractivity contribution in [3.05, 3.63) is 59.7 Å². The Kier molecular flexibility index (Phi) is 6.93. The number of amides is 3. The first kappa shape index (κ1) is 22.8. The van der Waals surface area contributed by atoms with Crippen molar-refractivity contribution in [1.82, 2.24) is 10.2 Å². The Balaban J connectivity index is 1.49. The average Bonchev–Trinajstić information content (AvgIpc) is 2.82. The maximum Gasteiger partial charge on any atom is 0.257 e. The van der Waals surface area contributed by atoms with Gasteiger partial charge in [-0.2, -0.15) is 0 Å². The van der Waals surface area contributed by atoms with Crippen LogP contribution in [0.1, 0.15) is 46.9 Å². The lowest BCUT2D eigenvalue weighted by molar-refractivity contribution is -0.133. The number of nitrogens with zero attached hydrogens (tertiary/aromatic N) is 1. The van der Waals surface area contributed by atoms with E-state index in [0.717, 1.165) is 6.42 Å². The monoisotopic (exact) mass is 451 g/mol. The molecule has 2 aliphatic heterocycles. The van der Waals surface area contributed by atoms with Crippen LogP contribution in [0.2, 0.25) is 0 Å². The first-order valence-electron chi connectivity index (χ1n) is 11.3. The maximum absolute atomic E-state index is 13.3. The highest BCUT2D eigenvalue weighted by Crippen LogP contribution is 2.32. The van der Waals surface area contributed by atoms with Crippen LogP contribution in [0.4, 0.5) is 5.69 Å². The molecule has 1 saturated heterocycles. The predicted octanol–water partition coefficient (Wildman–Crippen LogP) is 2.85. The fourth-order valence-corrected chi connectivity index (χ4v) is 4.37. The van der Waals surface area contributed by atoms with Crippen LogP contribution < -0.4 is 15.4 Å². The van der Waals surface area contributed by atoms with Gasteiger partial charge in [0.1, 0.15) is 18.5 Å². The lowest BCUT2D eigenvalue weighted by atomic mass is 9.94. The zero-order valence-electron chi connectivity index (χ0n) is 18.9. The number of nitrogens with one attached hydrogen (secondary N) is 2. The standard InChI is InChI=1S/C25H29N3O5/c1-3-26-23(29)14-18-10-11-20-22(33-18)15-32-21-12-9-17(13-19(21)25(31)28(20)2)27-24(30)16-7-5-4-6-8-16/h4-9,12-13,18,20,22H,3,10-11,14-15H2,1-2H3,(H,26,29)(H,27,30)/t18-,20-,22+/m0/s1. The van der Waals surface area contributed by atoms with E-state index in [1.165, 1.54) is 0 Å². The number of carbonyl (C=O) groups is 3. The molecule has 174 valence electrons. The number of hydrogen-bond donors (Lipinski definition) is 2. The first-order chi connectivity index (χ1) is 16.0. The summed E-state index contributed by atoms with van der Waals surface area (Å²) in [5, 5.41) is 5.64. The van der Waals surface area contributed by atoms with Crippen molar-refractivity contribution < 1.29 is 23.9 Å². The van der Waals surface area contributed by atoms with E-state index >= 15 is 0 Å². The average molecular weight is 452 g/mol. The molecule has 0 aromatic heterocycles. The Morgan fingerprint density at radius 3 is 2.67 bits per heavy atom. The highest BCUT2D eigenvalue weighted by Gasteiger charge is 2.39. The number of fused-ring (bicyclic) bond motifs is 2. The van der Waals surface area contributed by atoms with Crippen LogP contribution in [-0.4, -0.2) is 61.1 Å². The minimum absolute atomic E-state index is 0.0347. The van der Waals surface area contributed by atoms with Crippen LogP contribution in [0.15, 0.2) is 48.5 Å². The zero-order chi connectivity index (χ0) is 23.4. The molecule has 0 saturated carbocycles. The van der Waals surface area contributed by atoms with E-state index in [4.69, 9.17) is 9.47 Å². The summed E-state index contributed by atoms with van der Waals surface area (Å²) in [6, 6.07) is 13.8. The number of ether oxygens (including phenoxy) is 2. The van der Waals surface area contributed by atoms with E-state index in [1.807, 2.05) is 13.0 Å². The van der Waals surface area contributed by atoms with Crippen molar-refractivity contribution in [3.8, 4) is 5.75 Å². The molecular formula is C25H29N3O5. The summed E-state index contributed by atoms with van der Waals surface area (Å²) in [7, 11) is 1.76. The van der Waals surface area contributed by atoms with E-state index in [1.54, 1.807) is 54.4 Å². The van der Waals surface area contributed by atoms with E-state index in [9.17, 15) is 14.4 Å². The maximum atomic E-state index is 13.3. The van der Waals surface area contributed by atoms with Gasteiger partial charge in [-0.25, -0.2) is 0 Å². The molecule has 0 aliphatic carbocycles. The number of likely N-dealkylation sites (N-methyl/N-ethyl adjacent to an activating group) is 1. The molecule has 8 nitrogen and oxygen atoms in total. The minimum Gasteiger partial charge on any atom is -0.490 e. The van der Waals surface area contributed by atoms with Gasteiger partial charge in [0.2, 0.25) is 5.91 Å². The quantitative estimate of drug-likeness (QED) is 0.729. The molecule has 8 heteroatoms. The summed E-state index contributed by atoms with van der Waals surface area (Å²) in [6.07, 6.45) is 1.20. The topological polar surface area (TPSA) is 97.0 Å². The van der Waals surface area contributed by atoms with Crippen LogP contribution in [0.3, 0.4) is 0 Å². The molecule has 0 radical (unpaired) electrons. The third-order valence-electron chi connectivity index (χ3n) is 6.09. The van der Waals surface area contributed by atoms with Crippen molar-refractivity contribution in [2.45, 2.75) is 44.4 Å². The second-order valence-electron chi connectivity index (χ2n) is 8.36. The molecular weight excluding hydrogens is 422 g/mol. The van der Waals surface area contributed by atoms with E-state index in [2.05, 4.69) is 10.6 Å². The predicted molar refractivity (Wildman–Crippen MR) is 123 cm³/mol. The summed E-state index contributed by atoms with van der Waals surface area (Å²) in [5.74, 6) is -0.0340. The second-order valence-corrected chi connectivity index (χ2v) is 8.36. The molecule has 2 N–H and O–H groups in total. The first-order valence-corrected chi connectivity index (χ1v) is 11.3. The van der Waals surface area contributed by atoms with Crippen LogP contribution >= 0.6 is 0 Å². The van der Waals surface area contributed by atoms with Crippen LogP contribution in [0, 0.1) is 0 Å². The summed E-state index contributed by atoms with van der Waals surface area (Å²) >= 11 is 0. The molecule has 2 heterocycles. The third-order valence-corrected chi connectivity index (χ3v) is 6.09. The third kappa shape index (κ3) is 5.17. The summed E-state index contributed by atoms with van der Waals surface area (Å²) < 4.78 is 12.1. The minimum atomic E-state index is -0.322. The summed E-state index contributed by atoms with van der Waals surface area (Å²) in [4.78, 5) is 39.5. The van der Waals surface area contributed by atoms with Crippen LogP contribution in [-0.2, 0) is 9.53 Å². The molecule has 0 spiro atoms. The van der Waals surface area contributed by atoms with Gasteiger partial charge >= 0.3 is 0 Å². The highest BCUT2D eigenvalue weighted by molar-refractivity contribution is 6.05. The van der Waals surface area contributed by atoms with Gasteiger partial charge in [0, 0.05) is 24.8 Å². The SMILES string of the molecule is CCNC(=O)C[C@@H]1CC[C@H]2[C@@H](COc3ccc(NC(=O)c4ccccc4)cc3C(=O)N2C)O1. The Morgan fingerprint density at radius 2 is 1.91 bits per heavy atom. The Bertz CT molecular complexity index is 1030. The van der Waals surface area contributed by atoms with Gasteiger partial charge in [-0.3, -0.25) is 14.4 Å². The second kappa shape index (κ2) is 10.0.